The number of nitrogens with one attached hydrogen (secondary N) is 1. The zero-order valence-electron chi connectivity index (χ0n) is 11.0. The monoisotopic (exact) mass is 323 g/mol. The summed E-state index contributed by atoms with van der Waals surface area (Å²) in [6.45, 7) is 0.961. The Hall–Kier alpha value is -0.150. The van der Waals surface area contributed by atoms with Gasteiger partial charge in [-0.3, -0.25) is 0 Å². The first-order valence-corrected chi connectivity index (χ1v) is 7.21. The van der Waals surface area contributed by atoms with Gasteiger partial charge in [0.2, 0.25) is 0 Å². The van der Waals surface area contributed by atoms with Gasteiger partial charge in [0, 0.05) is 5.02 Å². The predicted molar refractivity (Wildman–Crippen MR) is 84.0 cm³/mol. The van der Waals surface area contributed by atoms with Crippen LogP contribution in [-0.2, 0) is 0 Å². The largest absolute Gasteiger partial charge is 0.489 e. The van der Waals surface area contributed by atoms with Gasteiger partial charge in [0.05, 0.1) is 5.02 Å². The first kappa shape index (κ1) is 16.9. The van der Waals surface area contributed by atoms with Crippen molar-refractivity contribution in [1.29, 1.82) is 0 Å². The Balaban J connectivity index is 0.00000180. The topological polar surface area (TPSA) is 21.3 Å². The molecule has 1 aromatic rings. The average Bonchev–Trinajstić information content (AvgIpc) is 3.13. The Morgan fingerprint density at radius 3 is 2.68 bits per heavy atom. The molecule has 19 heavy (non-hydrogen) atoms. The molecule has 0 aliphatic heterocycles. The minimum absolute atomic E-state index is 0. The Kier molecular flexibility index (Phi) is 7.30. The quantitative estimate of drug-likeness (QED) is 0.793. The van der Waals surface area contributed by atoms with E-state index in [0.29, 0.717) is 10.0 Å². The maximum absolute atomic E-state index is 6.13. The molecule has 2 rings (SSSR count). The van der Waals surface area contributed by atoms with E-state index >= 15 is 0 Å². The van der Waals surface area contributed by atoms with E-state index in [1.165, 1.54) is 12.8 Å². The summed E-state index contributed by atoms with van der Waals surface area (Å²) in [4.78, 5) is 0. The molecular weight excluding hydrogens is 305 g/mol. The molecule has 0 radical (unpaired) electrons. The Morgan fingerprint density at radius 2 is 2.11 bits per heavy atom. The second kappa shape index (κ2) is 8.21. The van der Waals surface area contributed by atoms with Gasteiger partial charge in [0.25, 0.3) is 0 Å². The molecule has 0 bridgehead atoms. The molecule has 2 nitrogen and oxygen atoms in total. The molecule has 1 saturated carbocycles. The normalized spacial score (nSPS) is 15.7. The van der Waals surface area contributed by atoms with Crippen LogP contribution in [0.5, 0.6) is 5.75 Å². The molecule has 0 amide bonds. The highest BCUT2D eigenvalue weighted by Crippen LogP contribution is 2.36. The molecule has 0 aromatic heterocycles. The van der Waals surface area contributed by atoms with Crippen molar-refractivity contribution in [2.24, 2.45) is 5.92 Å². The van der Waals surface area contributed by atoms with Gasteiger partial charge in [-0.2, -0.15) is 0 Å². The van der Waals surface area contributed by atoms with Crippen LogP contribution < -0.4 is 10.1 Å². The molecule has 1 fully saturated rings. The van der Waals surface area contributed by atoms with Gasteiger partial charge < -0.3 is 10.1 Å². The van der Waals surface area contributed by atoms with E-state index in [1.54, 1.807) is 6.07 Å². The molecular formula is C14H20Cl3NO. The highest BCUT2D eigenvalue weighted by Gasteiger charge is 2.26. The van der Waals surface area contributed by atoms with Crippen molar-refractivity contribution in [3.8, 4) is 5.75 Å². The third-order valence-corrected chi connectivity index (χ3v) is 3.73. The van der Waals surface area contributed by atoms with E-state index in [1.807, 2.05) is 19.2 Å². The third-order valence-electron chi connectivity index (χ3n) is 3.20. The standard InChI is InChI=1S/C14H19Cl2NO.ClH/c1-17-7-6-12(8-10-2-3-10)18-14-5-4-11(15)9-13(14)16;/h4-5,9-10,12,17H,2-3,6-8H2,1H3;1H. The van der Waals surface area contributed by atoms with Crippen LogP contribution in [0.4, 0.5) is 0 Å². The van der Waals surface area contributed by atoms with Crippen molar-refractivity contribution in [3.63, 3.8) is 0 Å². The predicted octanol–water partition coefficient (Wildman–Crippen LogP) is 4.57. The van der Waals surface area contributed by atoms with Gasteiger partial charge in [-0.1, -0.05) is 36.0 Å². The number of hydrogen-bond donors (Lipinski definition) is 1. The second-order valence-electron chi connectivity index (χ2n) is 4.89. The van der Waals surface area contributed by atoms with Crippen LogP contribution in [0.15, 0.2) is 18.2 Å². The molecule has 0 heterocycles. The van der Waals surface area contributed by atoms with Gasteiger partial charge in [-0.05, 0) is 50.6 Å². The molecule has 1 aliphatic carbocycles. The van der Waals surface area contributed by atoms with E-state index in [0.717, 1.165) is 31.1 Å². The Labute approximate surface area is 131 Å². The Bertz CT molecular complexity index is 396. The van der Waals surface area contributed by atoms with Crippen molar-refractivity contribution in [2.75, 3.05) is 13.6 Å². The van der Waals surface area contributed by atoms with E-state index in [2.05, 4.69) is 5.32 Å². The van der Waals surface area contributed by atoms with Gasteiger partial charge in [-0.15, -0.1) is 12.4 Å². The molecule has 0 saturated heterocycles. The number of benzene rings is 1. The molecule has 5 heteroatoms. The number of hydrogen-bond acceptors (Lipinski definition) is 2. The lowest BCUT2D eigenvalue weighted by atomic mass is 10.1. The maximum atomic E-state index is 6.13. The van der Waals surface area contributed by atoms with Crippen LogP contribution in [0.1, 0.15) is 25.7 Å². The van der Waals surface area contributed by atoms with Crippen LogP contribution >= 0.6 is 35.6 Å². The zero-order valence-corrected chi connectivity index (χ0v) is 13.3. The lowest BCUT2D eigenvalue weighted by molar-refractivity contribution is 0.174. The van der Waals surface area contributed by atoms with E-state index in [9.17, 15) is 0 Å². The summed E-state index contributed by atoms with van der Waals surface area (Å²) in [7, 11) is 1.96. The van der Waals surface area contributed by atoms with Crippen molar-refractivity contribution in [1.82, 2.24) is 5.32 Å². The van der Waals surface area contributed by atoms with Gasteiger partial charge >= 0.3 is 0 Å². The van der Waals surface area contributed by atoms with Crippen molar-refractivity contribution in [2.45, 2.75) is 31.8 Å². The summed E-state index contributed by atoms with van der Waals surface area (Å²) >= 11 is 12.0. The van der Waals surface area contributed by atoms with E-state index in [-0.39, 0.29) is 18.5 Å². The number of halogens is 3. The highest BCUT2D eigenvalue weighted by atomic mass is 35.5. The summed E-state index contributed by atoms with van der Waals surface area (Å²) in [6.07, 6.45) is 5.05. The van der Waals surface area contributed by atoms with Crippen LogP contribution in [0, 0.1) is 5.92 Å². The lowest BCUT2D eigenvalue weighted by Gasteiger charge is -2.20. The van der Waals surface area contributed by atoms with Crippen molar-refractivity contribution < 1.29 is 4.74 Å². The Morgan fingerprint density at radius 1 is 1.37 bits per heavy atom. The summed E-state index contributed by atoms with van der Waals surface area (Å²) < 4.78 is 6.02. The molecule has 1 atom stereocenters. The van der Waals surface area contributed by atoms with Crippen LogP contribution in [-0.4, -0.2) is 19.7 Å². The van der Waals surface area contributed by atoms with Crippen molar-refractivity contribution in [3.05, 3.63) is 28.2 Å². The van der Waals surface area contributed by atoms with E-state index < -0.39 is 0 Å². The lowest BCUT2D eigenvalue weighted by Crippen LogP contribution is -2.23. The fourth-order valence-electron chi connectivity index (χ4n) is 2.01. The van der Waals surface area contributed by atoms with E-state index in [4.69, 9.17) is 27.9 Å². The third kappa shape index (κ3) is 5.78. The summed E-state index contributed by atoms with van der Waals surface area (Å²) in [6, 6.07) is 5.39. The minimum atomic E-state index is 0. The maximum Gasteiger partial charge on any atom is 0.138 e. The van der Waals surface area contributed by atoms with Crippen molar-refractivity contribution >= 4 is 35.6 Å². The SMILES string of the molecule is CNCCC(CC1CC1)Oc1ccc(Cl)cc1Cl.Cl. The number of ether oxygens (including phenoxy) is 1. The fraction of sp³-hybridized carbons (Fsp3) is 0.571. The first-order valence-electron chi connectivity index (χ1n) is 6.45. The summed E-state index contributed by atoms with van der Waals surface area (Å²) in [5.74, 6) is 1.58. The molecule has 1 aliphatic rings. The molecule has 1 unspecified atom stereocenters. The first-order chi connectivity index (χ1) is 8.69. The highest BCUT2D eigenvalue weighted by molar-refractivity contribution is 6.35. The minimum Gasteiger partial charge on any atom is -0.489 e. The van der Waals surface area contributed by atoms with Gasteiger partial charge in [0.1, 0.15) is 11.9 Å². The van der Waals surface area contributed by atoms with Gasteiger partial charge in [0.15, 0.2) is 0 Å². The molecule has 0 spiro atoms. The number of rotatable bonds is 7. The smallest absolute Gasteiger partial charge is 0.138 e. The second-order valence-corrected chi connectivity index (χ2v) is 5.73. The summed E-state index contributed by atoms with van der Waals surface area (Å²) in [5.41, 5.74) is 0. The zero-order chi connectivity index (χ0) is 13.0. The van der Waals surface area contributed by atoms with Crippen LogP contribution in [0.2, 0.25) is 10.0 Å². The summed E-state index contributed by atoms with van der Waals surface area (Å²) in [5, 5.41) is 4.40. The van der Waals surface area contributed by atoms with Crippen LogP contribution in [0.3, 0.4) is 0 Å². The fourth-order valence-corrected chi connectivity index (χ4v) is 2.46. The molecule has 1 aromatic carbocycles. The van der Waals surface area contributed by atoms with Gasteiger partial charge in [-0.25, -0.2) is 0 Å². The molecule has 108 valence electrons. The van der Waals surface area contributed by atoms with Crippen LogP contribution in [0.25, 0.3) is 0 Å². The average molecular weight is 325 g/mol. The molecule has 1 N–H and O–H groups in total.